The van der Waals surface area contributed by atoms with Gasteiger partial charge in [-0.1, -0.05) is 0 Å². The molecular weight excluding hydrogens is 657 g/mol. The van der Waals surface area contributed by atoms with Crippen molar-refractivity contribution < 1.29 is 57.7 Å². The van der Waals surface area contributed by atoms with Gasteiger partial charge in [0.05, 0.1) is 0 Å². The molecule has 0 unspecified atom stereocenters. The van der Waals surface area contributed by atoms with Crippen molar-refractivity contribution in [3.63, 3.8) is 0 Å². The summed E-state index contributed by atoms with van der Waals surface area (Å²) in [5.41, 5.74) is 13.7. The number of nitrogens with zero attached hydrogens (tertiary/aromatic N) is 3. The fraction of sp³-hybridized carbons (Fsp3) is 0.389. The zero-order valence-corrected chi connectivity index (χ0v) is 33.5. The number of benzene rings is 3. The van der Waals surface area contributed by atoms with Crippen molar-refractivity contribution >= 4 is 40.7 Å². The topological polar surface area (TPSA) is 9.72 Å². The van der Waals surface area contributed by atoms with Gasteiger partial charge >= 0.3 is 264 Å². The van der Waals surface area contributed by atoms with Gasteiger partial charge in [0.15, 0.2) is 0 Å². The summed E-state index contributed by atoms with van der Waals surface area (Å²) in [6.07, 6.45) is 0. The molecule has 0 radical (unpaired) electrons. The Morgan fingerprint density at radius 3 is 0.932 bits per heavy atom. The molecule has 4 rings (SSSR count). The summed E-state index contributed by atoms with van der Waals surface area (Å²) in [5.74, 6) is 0. The number of hydrogen-bond acceptors (Lipinski definition) is 3. The molecule has 3 nitrogen and oxygen atoms in total. The predicted molar refractivity (Wildman–Crippen MR) is 181 cm³/mol. The van der Waals surface area contributed by atoms with E-state index in [1.54, 1.807) is 0 Å². The minimum absolute atomic E-state index is 0. The van der Waals surface area contributed by atoms with Crippen molar-refractivity contribution in [1.82, 2.24) is 0 Å². The Bertz CT molecular complexity index is 1410. The molecular formula is C36H48Cl3N3SiTi. The van der Waals surface area contributed by atoms with Crippen LogP contribution in [0.2, 0.25) is 3.34 Å². The maximum absolute atomic E-state index is 2.76. The van der Waals surface area contributed by atoms with E-state index in [0.29, 0.717) is 0 Å². The number of rotatable bonds is 7. The van der Waals surface area contributed by atoms with Crippen LogP contribution in [0.25, 0.3) is 0 Å². The molecule has 1 aliphatic carbocycles. The molecule has 0 bridgehead atoms. The van der Waals surface area contributed by atoms with Gasteiger partial charge in [-0.2, -0.15) is 0 Å². The first-order chi connectivity index (χ1) is 19.1. The van der Waals surface area contributed by atoms with Crippen LogP contribution in [0.3, 0.4) is 0 Å². The van der Waals surface area contributed by atoms with Crippen LogP contribution in [0.1, 0.15) is 44.4 Å². The Morgan fingerprint density at radius 1 is 0.477 bits per heavy atom. The van der Waals surface area contributed by atoms with E-state index in [1.165, 1.54) is 71.6 Å². The summed E-state index contributed by atoms with van der Waals surface area (Å²) in [4.78, 5) is 6.70. The third kappa shape index (κ3) is 6.20. The second-order valence-corrected chi connectivity index (χ2v) is 18.6. The van der Waals surface area contributed by atoms with Gasteiger partial charge in [-0.25, -0.2) is 0 Å². The molecule has 0 amide bonds. The zero-order chi connectivity index (χ0) is 30.6. The molecule has 8 heteroatoms. The Hall–Kier alpha value is -1.66. The van der Waals surface area contributed by atoms with Crippen molar-refractivity contribution in [3.8, 4) is 0 Å². The maximum atomic E-state index is 2.56. The van der Waals surface area contributed by atoms with E-state index in [4.69, 9.17) is 0 Å². The summed E-state index contributed by atoms with van der Waals surface area (Å²) in [5, 5.41) is 4.41. The molecule has 0 fully saturated rings. The first-order valence-electron chi connectivity index (χ1n) is 14.6. The van der Waals surface area contributed by atoms with E-state index < -0.39 is 8.07 Å². The van der Waals surface area contributed by atoms with Crippen LogP contribution in [-0.4, -0.2) is 50.4 Å². The fourth-order valence-corrected chi connectivity index (χ4v) is 16.0. The molecule has 0 atom stereocenters. The van der Waals surface area contributed by atoms with E-state index in [2.05, 4.69) is 180 Å². The second kappa shape index (κ2) is 14.8. The van der Waals surface area contributed by atoms with Crippen molar-refractivity contribution in [1.29, 1.82) is 0 Å². The van der Waals surface area contributed by atoms with Gasteiger partial charge in [0.25, 0.3) is 0 Å². The average Bonchev–Trinajstić information content (AvgIpc) is 3.04. The Labute approximate surface area is 298 Å². The first kappa shape index (κ1) is 40.4. The van der Waals surface area contributed by atoms with Crippen molar-refractivity contribution in [2.75, 3.05) is 57.0 Å². The van der Waals surface area contributed by atoms with Crippen molar-refractivity contribution in [3.05, 3.63) is 93.6 Å². The van der Waals surface area contributed by atoms with Gasteiger partial charge in [-0.3, -0.25) is 0 Å². The third-order valence-electron chi connectivity index (χ3n) is 9.71. The Balaban J connectivity index is 0.00000323. The molecule has 236 valence electrons. The van der Waals surface area contributed by atoms with Crippen LogP contribution in [0, 0.1) is 20.8 Å². The third-order valence-corrected chi connectivity index (χ3v) is 18.0. The largest absolute Gasteiger partial charge is 1.00 e. The van der Waals surface area contributed by atoms with Gasteiger partial charge in [0.1, 0.15) is 0 Å². The number of aryl methyl sites for hydroxylation is 3. The molecule has 0 aromatic heterocycles. The van der Waals surface area contributed by atoms with Gasteiger partial charge in [-0.15, -0.1) is 0 Å². The Kier molecular flexibility index (Phi) is 13.6. The van der Waals surface area contributed by atoms with Crippen LogP contribution in [0.15, 0.2) is 76.9 Å². The summed E-state index contributed by atoms with van der Waals surface area (Å²) >= 11 is 2.56. The monoisotopic (exact) mass is 703 g/mol. The van der Waals surface area contributed by atoms with E-state index in [0.717, 1.165) is 0 Å². The first-order valence-corrected chi connectivity index (χ1v) is 17.3. The molecule has 1 aliphatic rings. The van der Waals surface area contributed by atoms with Crippen LogP contribution < -0.4 is 67.5 Å². The predicted octanol–water partition coefficient (Wildman–Crippen LogP) is -2.78. The maximum Gasteiger partial charge on any atom is -1.00 e. The second-order valence-electron chi connectivity index (χ2n) is 12.7. The van der Waals surface area contributed by atoms with E-state index in [9.17, 15) is 0 Å². The molecule has 0 heterocycles. The van der Waals surface area contributed by atoms with Crippen molar-refractivity contribution in [2.45, 2.75) is 51.8 Å². The molecule has 0 saturated carbocycles. The summed E-state index contributed by atoms with van der Waals surface area (Å²) in [6.45, 7) is 16.3. The van der Waals surface area contributed by atoms with Gasteiger partial charge in [-0.05, 0) is 0 Å². The summed E-state index contributed by atoms with van der Waals surface area (Å²) in [6, 6.07) is 22.0. The minimum atomic E-state index is -2.76. The zero-order valence-electron chi connectivity index (χ0n) is 28.7. The molecule has 0 N–H and O–H groups in total. The van der Waals surface area contributed by atoms with Crippen LogP contribution in [0.4, 0.5) is 17.1 Å². The van der Waals surface area contributed by atoms with E-state index in [1.807, 2.05) is 0 Å². The standard InChI is InChI=1S/C36H48N3Si.3ClH.Ti/c1-23-20-30(14-17-33(23)37(8)9)40(36-28(6)26(4)27(5)29(36)7,31-15-18-34(38(10)11)24(2)21-31)32-16-19-35(39(12)13)25(3)22-32;;;;/h14-22H,1-13H3;3*1H;/q;;;;+3/p-3. The normalized spacial score (nSPS) is 14.1. The molecule has 44 heavy (non-hydrogen) atoms. The van der Waals surface area contributed by atoms with Crippen molar-refractivity contribution in [2.24, 2.45) is 0 Å². The van der Waals surface area contributed by atoms with Gasteiger partial charge < -0.3 is 37.2 Å². The number of hydrogen-bond donors (Lipinski definition) is 0. The van der Waals surface area contributed by atoms with Crippen LogP contribution in [0.5, 0.6) is 0 Å². The van der Waals surface area contributed by atoms with Gasteiger partial charge in [0.2, 0.25) is 0 Å². The molecule has 3 aromatic rings. The number of anilines is 3. The quantitative estimate of drug-likeness (QED) is 0.195. The SMILES string of the molecule is CC1=C(C)[C]([Ti+3])([Si](c2ccc(N(C)C)c(C)c2)(c2ccc(N(C)C)c(C)c2)c2ccc(N(C)C)c(C)c2)C(C)=C1C.[Cl-].[Cl-].[Cl-]. The summed E-state index contributed by atoms with van der Waals surface area (Å²) in [7, 11) is 10.1. The minimum Gasteiger partial charge on any atom is -1.00 e. The summed E-state index contributed by atoms with van der Waals surface area (Å²) < 4.78 is -0.134. The van der Waals surface area contributed by atoms with E-state index in [-0.39, 0.29) is 40.6 Å². The van der Waals surface area contributed by atoms with Crippen LogP contribution in [-0.2, 0) is 20.4 Å². The fourth-order valence-electron chi connectivity index (χ4n) is 7.29. The molecule has 0 spiro atoms. The molecule has 0 aliphatic heterocycles. The molecule has 3 aromatic carbocycles. The number of allylic oxidation sites excluding steroid dienone is 4. The van der Waals surface area contributed by atoms with Crippen LogP contribution >= 0.6 is 0 Å². The molecule has 0 saturated heterocycles. The van der Waals surface area contributed by atoms with E-state index >= 15 is 0 Å². The number of halogens is 3. The van der Waals surface area contributed by atoms with Gasteiger partial charge in [0, 0.05) is 0 Å². The average molecular weight is 705 g/mol. The smallest absolute Gasteiger partial charge is 1.00 e. The Morgan fingerprint density at radius 2 is 0.727 bits per heavy atom.